The van der Waals surface area contributed by atoms with Gasteiger partial charge in [-0.3, -0.25) is 4.79 Å². The van der Waals surface area contributed by atoms with Crippen LogP contribution >= 0.6 is 0 Å². The van der Waals surface area contributed by atoms with Crippen LogP contribution < -0.4 is 4.31 Å². The largest absolute Gasteiger partial charge is 0.339 e. The van der Waals surface area contributed by atoms with Gasteiger partial charge in [0.25, 0.3) is 0 Å². The number of rotatable bonds is 6. The third kappa shape index (κ3) is 4.47. The van der Waals surface area contributed by atoms with E-state index in [1.54, 1.807) is 11.0 Å². The van der Waals surface area contributed by atoms with Crippen molar-refractivity contribution in [2.24, 2.45) is 0 Å². The van der Waals surface area contributed by atoms with Crippen LogP contribution in [0.4, 0.5) is 10.1 Å². The quantitative estimate of drug-likeness (QED) is 0.734. The second kappa shape index (κ2) is 8.11. The van der Waals surface area contributed by atoms with Gasteiger partial charge >= 0.3 is 10.2 Å². The molecule has 7 nitrogen and oxygen atoms in total. The van der Waals surface area contributed by atoms with E-state index < -0.39 is 22.6 Å². The number of likely N-dealkylation sites (N-methyl/N-ethyl adjacent to an activating group) is 1. The van der Waals surface area contributed by atoms with E-state index in [0.29, 0.717) is 13.1 Å². The average molecular weight is 372 g/mol. The number of carbonyl (C=O) groups is 1. The minimum atomic E-state index is -3.99. The molecule has 1 heterocycles. The van der Waals surface area contributed by atoms with Crippen LogP contribution in [0.3, 0.4) is 0 Å². The van der Waals surface area contributed by atoms with E-state index in [2.05, 4.69) is 11.8 Å². The zero-order valence-corrected chi connectivity index (χ0v) is 15.7. The summed E-state index contributed by atoms with van der Waals surface area (Å²) in [5.74, 6) is -1.01. The van der Waals surface area contributed by atoms with E-state index in [0.717, 1.165) is 28.2 Å². The summed E-state index contributed by atoms with van der Waals surface area (Å²) in [5, 5.41) is 0. The topological polar surface area (TPSA) is 64.2 Å². The van der Waals surface area contributed by atoms with Crippen LogP contribution in [0.25, 0.3) is 0 Å². The molecule has 1 amide bonds. The Kier molecular flexibility index (Phi) is 6.36. The van der Waals surface area contributed by atoms with Gasteiger partial charge < -0.3 is 9.80 Å². The number of carbonyl (C=O) groups excluding carboxylic acids is 1. The number of nitrogens with zero attached hydrogens (tertiary/aromatic N) is 4. The Morgan fingerprint density at radius 2 is 1.76 bits per heavy atom. The molecule has 2 rings (SSSR count). The van der Waals surface area contributed by atoms with Crippen molar-refractivity contribution in [2.75, 3.05) is 57.7 Å². The molecule has 0 aromatic heterocycles. The van der Waals surface area contributed by atoms with Crippen molar-refractivity contribution in [3.63, 3.8) is 0 Å². The van der Waals surface area contributed by atoms with Gasteiger partial charge in [-0.25, -0.2) is 8.70 Å². The predicted molar refractivity (Wildman–Crippen MR) is 95.0 cm³/mol. The minimum absolute atomic E-state index is 0.128. The van der Waals surface area contributed by atoms with E-state index in [1.165, 1.54) is 32.3 Å². The van der Waals surface area contributed by atoms with Crippen molar-refractivity contribution in [3.8, 4) is 0 Å². The summed E-state index contributed by atoms with van der Waals surface area (Å²) in [6, 6.07) is 5.56. The van der Waals surface area contributed by atoms with Crippen LogP contribution in [0.15, 0.2) is 24.3 Å². The van der Waals surface area contributed by atoms with Crippen LogP contribution in [0.1, 0.15) is 6.92 Å². The van der Waals surface area contributed by atoms with Crippen LogP contribution in [0.2, 0.25) is 0 Å². The van der Waals surface area contributed by atoms with E-state index in [9.17, 15) is 17.6 Å². The fourth-order valence-electron chi connectivity index (χ4n) is 2.68. The number of benzene rings is 1. The Bertz CT molecular complexity index is 703. The van der Waals surface area contributed by atoms with Crippen molar-refractivity contribution in [3.05, 3.63) is 30.1 Å². The maximum atomic E-state index is 14.2. The highest BCUT2D eigenvalue weighted by Gasteiger charge is 2.31. The van der Waals surface area contributed by atoms with Gasteiger partial charge in [0.15, 0.2) is 0 Å². The minimum Gasteiger partial charge on any atom is -0.339 e. The zero-order chi connectivity index (χ0) is 18.6. The number of halogens is 1. The van der Waals surface area contributed by atoms with Crippen molar-refractivity contribution in [1.29, 1.82) is 0 Å². The first-order chi connectivity index (χ1) is 11.8. The van der Waals surface area contributed by atoms with Crippen molar-refractivity contribution >= 4 is 21.8 Å². The highest BCUT2D eigenvalue weighted by molar-refractivity contribution is 7.90. The van der Waals surface area contributed by atoms with E-state index >= 15 is 0 Å². The van der Waals surface area contributed by atoms with Gasteiger partial charge in [0.1, 0.15) is 12.4 Å². The first-order valence-electron chi connectivity index (χ1n) is 8.22. The molecule has 1 aromatic rings. The summed E-state index contributed by atoms with van der Waals surface area (Å²) in [7, 11) is -1.29. The number of amides is 1. The molecule has 1 aromatic carbocycles. The monoisotopic (exact) mass is 372 g/mol. The van der Waals surface area contributed by atoms with Crippen molar-refractivity contribution in [1.82, 2.24) is 14.1 Å². The normalized spacial score (nSPS) is 16.3. The van der Waals surface area contributed by atoms with Crippen molar-refractivity contribution in [2.45, 2.75) is 6.92 Å². The molecule has 0 N–H and O–H groups in total. The molecule has 1 fully saturated rings. The van der Waals surface area contributed by atoms with Crippen LogP contribution in [-0.4, -0.2) is 81.8 Å². The summed E-state index contributed by atoms with van der Waals surface area (Å²) >= 11 is 0. The lowest BCUT2D eigenvalue weighted by atomic mass is 10.3. The molecule has 0 unspecified atom stereocenters. The average Bonchev–Trinajstić information content (AvgIpc) is 2.60. The highest BCUT2D eigenvalue weighted by atomic mass is 32.2. The Balaban J connectivity index is 2.23. The predicted octanol–water partition coefficient (Wildman–Crippen LogP) is 0.603. The van der Waals surface area contributed by atoms with Gasteiger partial charge in [0, 0.05) is 40.3 Å². The molecule has 9 heteroatoms. The third-order valence-corrected chi connectivity index (χ3v) is 6.12. The summed E-state index contributed by atoms with van der Waals surface area (Å²) in [4.78, 5) is 16.5. The first kappa shape index (κ1) is 19.6. The van der Waals surface area contributed by atoms with Crippen molar-refractivity contribution < 1.29 is 17.6 Å². The smallest absolute Gasteiger partial charge is 0.304 e. The Labute approximate surface area is 148 Å². The molecule has 0 bridgehead atoms. The molecule has 0 spiro atoms. The Morgan fingerprint density at radius 1 is 1.16 bits per heavy atom. The lowest BCUT2D eigenvalue weighted by Crippen LogP contribution is -2.52. The third-order valence-electron chi connectivity index (χ3n) is 4.31. The van der Waals surface area contributed by atoms with E-state index in [-0.39, 0.29) is 11.6 Å². The van der Waals surface area contributed by atoms with Gasteiger partial charge in [-0.2, -0.15) is 12.7 Å². The Morgan fingerprint density at radius 3 is 2.28 bits per heavy atom. The molecule has 0 radical (unpaired) electrons. The fraction of sp³-hybridized carbons (Fsp3) is 0.562. The highest BCUT2D eigenvalue weighted by Crippen LogP contribution is 2.23. The van der Waals surface area contributed by atoms with Crippen LogP contribution in [0.5, 0.6) is 0 Å². The first-order valence-corrected chi connectivity index (χ1v) is 9.62. The van der Waals surface area contributed by atoms with Gasteiger partial charge in [-0.15, -0.1) is 0 Å². The molecular weight excluding hydrogens is 347 g/mol. The lowest BCUT2D eigenvalue weighted by molar-refractivity contribution is -0.131. The van der Waals surface area contributed by atoms with E-state index in [4.69, 9.17) is 0 Å². The van der Waals surface area contributed by atoms with Gasteiger partial charge in [0.05, 0.1) is 5.69 Å². The van der Waals surface area contributed by atoms with Gasteiger partial charge in [0.2, 0.25) is 5.91 Å². The molecule has 1 aliphatic rings. The molecule has 0 saturated carbocycles. The number of piperazine rings is 1. The molecular formula is C16H25FN4O3S. The maximum Gasteiger partial charge on any atom is 0.304 e. The fourth-order valence-corrected chi connectivity index (χ4v) is 3.74. The Hall–Kier alpha value is -1.71. The summed E-state index contributed by atoms with van der Waals surface area (Å²) in [5.41, 5.74) is -0.128. The standard InChI is InChI=1S/C16H25FN4O3S/c1-4-19-9-11-20(12-10-19)16(22)13-21(25(23,24)18(2)3)15-8-6-5-7-14(15)17/h5-8H,4,9-13H2,1-3H3. The number of hydrogen-bond acceptors (Lipinski definition) is 4. The molecule has 140 valence electrons. The molecule has 25 heavy (non-hydrogen) atoms. The SMILES string of the molecule is CCN1CCN(C(=O)CN(c2ccccc2F)S(=O)(=O)N(C)C)CC1. The second-order valence-corrected chi connectivity index (χ2v) is 8.13. The summed E-state index contributed by atoms with van der Waals surface area (Å²) < 4.78 is 41.2. The van der Waals surface area contributed by atoms with Gasteiger partial charge in [-0.05, 0) is 18.7 Å². The molecule has 1 aliphatic heterocycles. The van der Waals surface area contributed by atoms with E-state index in [1.807, 2.05) is 0 Å². The number of anilines is 1. The zero-order valence-electron chi connectivity index (χ0n) is 14.9. The molecule has 0 aliphatic carbocycles. The van der Waals surface area contributed by atoms with Gasteiger partial charge in [-0.1, -0.05) is 19.1 Å². The second-order valence-electron chi connectivity index (χ2n) is 6.06. The summed E-state index contributed by atoms with van der Waals surface area (Å²) in [6.07, 6.45) is 0. The maximum absolute atomic E-state index is 14.2. The lowest BCUT2D eigenvalue weighted by Gasteiger charge is -2.35. The molecule has 0 atom stereocenters. The van der Waals surface area contributed by atoms with Crippen LogP contribution in [0, 0.1) is 5.82 Å². The molecule has 1 saturated heterocycles. The van der Waals surface area contributed by atoms with Crippen LogP contribution in [-0.2, 0) is 15.0 Å². The number of para-hydroxylation sites is 1. The number of hydrogen-bond donors (Lipinski definition) is 0. The summed E-state index contributed by atoms with van der Waals surface area (Å²) in [6.45, 7) is 5.14.